The third-order valence-corrected chi connectivity index (χ3v) is 3.34. The maximum absolute atomic E-state index is 5.52. The average Bonchev–Trinajstić information content (AvgIpc) is 2.14. The van der Waals surface area contributed by atoms with E-state index in [4.69, 9.17) is 4.74 Å². The second-order valence-corrected chi connectivity index (χ2v) is 4.49. The Morgan fingerprint density at radius 2 is 2.08 bits per heavy atom. The Labute approximate surface area is 82.9 Å². The standard InChI is InChI=1S/C12H24O/c1-4-6-11(5-2)7-8-12-10(3)9-13-12/h10-12H,4-9H2,1-3H3. The van der Waals surface area contributed by atoms with Crippen molar-refractivity contribution in [1.82, 2.24) is 0 Å². The highest BCUT2D eigenvalue weighted by atomic mass is 16.5. The fourth-order valence-corrected chi connectivity index (χ4v) is 2.15. The number of hydrogen-bond acceptors (Lipinski definition) is 1. The molecule has 13 heavy (non-hydrogen) atoms. The predicted octanol–water partition coefficient (Wildman–Crippen LogP) is 3.63. The normalized spacial score (nSPS) is 29.8. The summed E-state index contributed by atoms with van der Waals surface area (Å²) < 4.78 is 5.52. The van der Waals surface area contributed by atoms with Crippen LogP contribution >= 0.6 is 0 Å². The molecule has 0 radical (unpaired) electrons. The van der Waals surface area contributed by atoms with Crippen LogP contribution in [0.5, 0.6) is 0 Å². The Kier molecular flexibility index (Phi) is 4.79. The highest BCUT2D eigenvalue weighted by Gasteiger charge is 2.27. The first-order valence-electron chi connectivity index (χ1n) is 5.89. The smallest absolute Gasteiger partial charge is 0.0622 e. The lowest BCUT2D eigenvalue weighted by Gasteiger charge is -2.35. The molecule has 0 amide bonds. The summed E-state index contributed by atoms with van der Waals surface area (Å²) in [6, 6.07) is 0. The molecule has 0 aromatic carbocycles. The SMILES string of the molecule is CCCC(CC)CCC1OCC1C. The van der Waals surface area contributed by atoms with Gasteiger partial charge >= 0.3 is 0 Å². The molecule has 3 atom stereocenters. The zero-order valence-corrected chi connectivity index (χ0v) is 9.38. The molecule has 0 saturated carbocycles. The van der Waals surface area contributed by atoms with Gasteiger partial charge in [0, 0.05) is 5.92 Å². The molecule has 1 heterocycles. The molecule has 1 saturated heterocycles. The van der Waals surface area contributed by atoms with Crippen molar-refractivity contribution in [2.75, 3.05) is 6.61 Å². The highest BCUT2D eigenvalue weighted by molar-refractivity contribution is 4.75. The van der Waals surface area contributed by atoms with Gasteiger partial charge in [-0.25, -0.2) is 0 Å². The topological polar surface area (TPSA) is 9.23 Å². The van der Waals surface area contributed by atoms with Gasteiger partial charge in [-0.3, -0.25) is 0 Å². The van der Waals surface area contributed by atoms with Gasteiger partial charge in [-0.15, -0.1) is 0 Å². The minimum atomic E-state index is 0.589. The molecule has 0 aromatic heterocycles. The van der Waals surface area contributed by atoms with Gasteiger partial charge in [-0.05, 0) is 18.8 Å². The zero-order valence-electron chi connectivity index (χ0n) is 9.38. The summed E-state index contributed by atoms with van der Waals surface area (Å²) in [5.74, 6) is 1.76. The van der Waals surface area contributed by atoms with Crippen LogP contribution in [0, 0.1) is 11.8 Å². The van der Waals surface area contributed by atoms with Crippen LogP contribution in [0.1, 0.15) is 52.9 Å². The van der Waals surface area contributed by atoms with E-state index >= 15 is 0 Å². The second-order valence-electron chi connectivity index (χ2n) is 4.49. The third kappa shape index (κ3) is 3.30. The molecule has 3 unspecified atom stereocenters. The van der Waals surface area contributed by atoms with E-state index in [9.17, 15) is 0 Å². The largest absolute Gasteiger partial charge is 0.377 e. The first-order chi connectivity index (χ1) is 6.27. The quantitative estimate of drug-likeness (QED) is 0.612. The van der Waals surface area contributed by atoms with E-state index in [1.54, 1.807) is 0 Å². The molecule has 1 aliphatic rings. The van der Waals surface area contributed by atoms with E-state index in [-0.39, 0.29) is 0 Å². The molecule has 0 aromatic rings. The Hall–Kier alpha value is -0.0400. The van der Waals surface area contributed by atoms with Crippen LogP contribution in [0.4, 0.5) is 0 Å². The van der Waals surface area contributed by atoms with E-state index in [2.05, 4.69) is 20.8 Å². The van der Waals surface area contributed by atoms with Crippen molar-refractivity contribution in [2.24, 2.45) is 11.8 Å². The number of ether oxygens (including phenoxy) is 1. The molecule has 1 aliphatic heterocycles. The van der Waals surface area contributed by atoms with E-state index in [1.807, 2.05) is 0 Å². The summed E-state index contributed by atoms with van der Waals surface area (Å²) in [6.07, 6.45) is 7.33. The van der Waals surface area contributed by atoms with Crippen molar-refractivity contribution in [2.45, 2.75) is 59.0 Å². The van der Waals surface area contributed by atoms with Crippen LogP contribution in [0.15, 0.2) is 0 Å². The summed E-state index contributed by atoms with van der Waals surface area (Å²) >= 11 is 0. The van der Waals surface area contributed by atoms with Gasteiger partial charge in [0.05, 0.1) is 12.7 Å². The van der Waals surface area contributed by atoms with E-state index in [1.165, 1.54) is 32.1 Å². The maximum Gasteiger partial charge on any atom is 0.0622 e. The Morgan fingerprint density at radius 3 is 2.46 bits per heavy atom. The molecule has 1 nitrogen and oxygen atoms in total. The van der Waals surface area contributed by atoms with Gasteiger partial charge in [0.2, 0.25) is 0 Å². The van der Waals surface area contributed by atoms with E-state index < -0.39 is 0 Å². The van der Waals surface area contributed by atoms with Crippen LogP contribution in [0.3, 0.4) is 0 Å². The average molecular weight is 184 g/mol. The van der Waals surface area contributed by atoms with Gasteiger partial charge in [-0.1, -0.05) is 40.0 Å². The molecule has 0 aliphatic carbocycles. The Bertz CT molecular complexity index is 133. The van der Waals surface area contributed by atoms with Crippen LogP contribution in [0.25, 0.3) is 0 Å². The molecule has 0 N–H and O–H groups in total. The lowest BCUT2D eigenvalue weighted by atomic mass is 9.89. The number of hydrogen-bond donors (Lipinski definition) is 0. The fourth-order valence-electron chi connectivity index (χ4n) is 2.15. The van der Waals surface area contributed by atoms with Crippen molar-refractivity contribution in [3.05, 3.63) is 0 Å². The van der Waals surface area contributed by atoms with Crippen molar-refractivity contribution in [3.8, 4) is 0 Å². The van der Waals surface area contributed by atoms with Crippen molar-refractivity contribution < 1.29 is 4.74 Å². The summed E-state index contributed by atoms with van der Waals surface area (Å²) in [4.78, 5) is 0. The molecule has 1 rings (SSSR count). The predicted molar refractivity (Wildman–Crippen MR) is 56.8 cm³/mol. The van der Waals surface area contributed by atoms with Gasteiger partial charge in [0.1, 0.15) is 0 Å². The maximum atomic E-state index is 5.52. The first-order valence-corrected chi connectivity index (χ1v) is 5.89. The monoisotopic (exact) mass is 184 g/mol. The molecule has 0 bridgehead atoms. The van der Waals surface area contributed by atoms with Crippen molar-refractivity contribution in [3.63, 3.8) is 0 Å². The minimum absolute atomic E-state index is 0.589. The lowest BCUT2D eigenvalue weighted by Crippen LogP contribution is -2.37. The zero-order chi connectivity index (χ0) is 9.68. The minimum Gasteiger partial charge on any atom is -0.377 e. The number of rotatable bonds is 6. The summed E-state index contributed by atoms with van der Waals surface area (Å²) in [5.41, 5.74) is 0. The summed E-state index contributed by atoms with van der Waals surface area (Å²) in [7, 11) is 0. The molecule has 1 heteroatoms. The molecular weight excluding hydrogens is 160 g/mol. The summed E-state index contributed by atoms with van der Waals surface area (Å²) in [5, 5.41) is 0. The van der Waals surface area contributed by atoms with Gasteiger partial charge in [0.15, 0.2) is 0 Å². The van der Waals surface area contributed by atoms with E-state index in [0.717, 1.165) is 18.4 Å². The van der Waals surface area contributed by atoms with Gasteiger partial charge in [0.25, 0.3) is 0 Å². The fraction of sp³-hybridized carbons (Fsp3) is 1.00. The van der Waals surface area contributed by atoms with Crippen LogP contribution in [-0.4, -0.2) is 12.7 Å². The molecular formula is C12H24O. The Morgan fingerprint density at radius 1 is 1.31 bits per heavy atom. The van der Waals surface area contributed by atoms with Crippen LogP contribution in [-0.2, 0) is 4.74 Å². The van der Waals surface area contributed by atoms with Gasteiger partial charge < -0.3 is 4.74 Å². The highest BCUT2D eigenvalue weighted by Crippen LogP contribution is 2.27. The Balaban J connectivity index is 2.08. The molecule has 1 fully saturated rings. The second kappa shape index (κ2) is 5.64. The molecule has 0 spiro atoms. The van der Waals surface area contributed by atoms with Crippen molar-refractivity contribution >= 4 is 0 Å². The first kappa shape index (κ1) is 11.0. The molecule has 78 valence electrons. The van der Waals surface area contributed by atoms with E-state index in [0.29, 0.717) is 6.10 Å². The summed E-state index contributed by atoms with van der Waals surface area (Å²) in [6.45, 7) is 7.89. The van der Waals surface area contributed by atoms with Crippen molar-refractivity contribution in [1.29, 1.82) is 0 Å². The lowest BCUT2D eigenvalue weighted by molar-refractivity contribution is -0.111. The van der Waals surface area contributed by atoms with Gasteiger partial charge in [-0.2, -0.15) is 0 Å². The van der Waals surface area contributed by atoms with Crippen LogP contribution in [0.2, 0.25) is 0 Å². The third-order valence-electron chi connectivity index (χ3n) is 3.34. The van der Waals surface area contributed by atoms with Crippen LogP contribution < -0.4 is 0 Å².